The first kappa shape index (κ1) is 9.17. The van der Waals surface area contributed by atoms with Gasteiger partial charge in [0.15, 0.2) is 0 Å². The van der Waals surface area contributed by atoms with E-state index in [4.69, 9.17) is 0 Å². The van der Waals surface area contributed by atoms with Gasteiger partial charge in [-0.25, -0.2) is 0 Å². The molecule has 4 fully saturated rings. The summed E-state index contributed by atoms with van der Waals surface area (Å²) in [6.07, 6.45) is 9.19. The third-order valence-corrected chi connectivity index (χ3v) is 4.81. The SMILES string of the molecule is CNNCC12CC3CC(CC(C3)C1)C2. The van der Waals surface area contributed by atoms with Gasteiger partial charge in [-0.1, -0.05) is 0 Å². The second-order valence-electron chi connectivity index (χ2n) is 6.02. The summed E-state index contributed by atoms with van der Waals surface area (Å²) in [6, 6.07) is 0. The Morgan fingerprint density at radius 2 is 1.50 bits per heavy atom. The molecule has 0 aromatic carbocycles. The molecular formula is C12H22N2. The highest BCUT2D eigenvalue weighted by Gasteiger charge is 2.50. The summed E-state index contributed by atoms with van der Waals surface area (Å²) in [6.45, 7) is 1.20. The molecule has 4 aliphatic rings. The van der Waals surface area contributed by atoms with Gasteiger partial charge in [0, 0.05) is 6.54 Å². The second-order valence-corrected chi connectivity index (χ2v) is 6.02. The van der Waals surface area contributed by atoms with Crippen molar-refractivity contribution in [2.24, 2.45) is 23.2 Å². The third-order valence-electron chi connectivity index (χ3n) is 4.81. The molecule has 14 heavy (non-hydrogen) atoms. The molecule has 0 atom stereocenters. The van der Waals surface area contributed by atoms with E-state index in [0.717, 1.165) is 17.8 Å². The van der Waals surface area contributed by atoms with Crippen LogP contribution in [0.1, 0.15) is 38.5 Å². The highest BCUT2D eigenvalue weighted by Crippen LogP contribution is 2.59. The van der Waals surface area contributed by atoms with Gasteiger partial charge in [0.05, 0.1) is 0 Å². The Morgan fingerprint density at radius 3 is 1.93 bits per heavy atom. The Kier molecular flexibility index (Phi) is 2.10. The van der Waals surface area contributed by atoms with Gasteiger partial charge in [-0.05, 0) is 68.7 Å². The van der Waals surface area contributed by atoms with Crippen molar-refractivity contribution in [1.82, 2.24) is 10.9 Å². The molecule has 2 N–H and O–H groups in total. The van der Waals surface area contributed by atoms with E-state index in [2.05, 4.69) is 10.9 Å². The van der Waals surface area contributed by atoms with Crippen molar-refractivity contribution in [3.63, 3.8) is 0 Å². The molecule has 0 unspecified atom stereocenters. The third kappa shape index (κ3) is 1.40. The van der Waals surface area contributed by atoms with Crippen molar-refractivity contribution < 1.29 is 0 Å². The van der Waals surface area contributed by atoms with Gasteiger partial charge in [0.1, 0.15) is 0 Å². The average Bonchev–Trinajstić information content (AvgIpc) is 2.12. The molecule has 0 aromatic heterocycles. The Bertz CT molecular complexity index is 189. The van der Waals surface area contributed by atoms with Gasteiger partial charge >= 0.3 is 0 Å². The van der Waals surface area contributed by atoms with Crippen LogP contribution < -0.4 is 10.9 Å². The van der Waals surface area contributed by atoms with E-state index < -0.39 is 0 Å². The van der Waals surface area contributed by atoms with Gasteiger partial charge in [0.2, 0.25) is 0 Å². The summed E-state index contributed by atoms with van der Waals surface area (Å²) in [5.41, 5.74) is 7.13. The van der Waals surface area contributed by atoms with Crippen LogP contribution in [0.15, 0.2) is 0 Å². The quantitative estimate of drug-likeness (QED) is 0.671. The van der Waals surface area contributed by atoms with Crippen LogP contribution in [0.4, 0.5) is 0 Å². The van der Waals surface area contributed by atoms with Gasteiger partial charge in [-0.3, -0.25) is 10.9 Å². The van der Waals surface area contributed by atoms with Crippen LogP contribution in [0.25, 0.3) is 0 Å². The van der Waals surface area contributed by atoms with E-state index in [-0.39, 0.29) is 0 Å². The van der Waals surface area contributed by atoms with Crippen molar-refractivity contribution in [3.8, 4) is 0 Å². The summed E-state index contributed by atoms with van der Waals surface area (Å²) in [7, 11) is 1.99. The van der Waals surface area contributed by atoms with Gasteiger partial charge in [-0.15, -0.1) is 0 Å². The largest absolute Gasteiger partial charge is 0.261 e. The Morgan fingerprint density at radius 1 is 1.00 bits per heavy atom. The number of hydrazine groups is 1. The predicted molar refractivity (Wildman–Crippen MR) is 57.7 cm³/mol. The second kappa shape index (κ2) is 3.21. The lowest BCUT2D eigenvalue weighted by molar-refractivity contribution is -0.0525. The first-order chi connectivity index (χ1) is 6.80. The zero-order valence-corrected chi connectivity index (χ0v) is 9.18. The summed E-state index contributed by atoms with van der Waals surface area (Å²) < 4.78 is 0. The number of rotatable bonds is 3. The molecule has 0 spiro atoms. The Labute approximate surface area is 86.8 Å². The zero-order valence-electron chi connectivity index (χ0n) is 9.18. The van der Waals surface area contributed by atoms with Crippen molar-refractivity contribution in [2.45, 2.75) is 38.5 Å². The van der Waals surface area contributed by atoms with Crippen LogP contribution in [0.5, 0.6) is 0 Å². The first-order valence-corrected chi connectivity index (χ1v) is 6.19. The topological polar surface area (TPSA) is 24.1 Å². The highest BCUT2D eigenvalue weighted by atomic mass is 15.3. The van der Waals surface area contributed by atoms with Crippen LogP contribution in [0, 0.1) is 23.2 Å². The zero-order chi connectivity index (χ0) is 9.60. The molecular weight excluding hydrogens is 172 g/mol. The molecule has 4 bridgehead atoms. The molecule has 0 saturated heterocycles. The van der Waals surface area contributed by atoms with E-state index in [9.17, 15) is 0 Å². The van der Waals surface area contributed by atoms with Gasteiger partial charge < -0.3 is 0 Å². The van der Waals surface area contributed by atoms with Gasteiger partial charge in [0.25, 0.3) is 0 Å². The van der Waals surface area contributed by atoms with E-state index >= 15 is 0 Å². The van der Waals surface area contributed by atoms with E-state index in [1.54, 1.807) is 19.3 Å². The molecule has 0 amide bonds. The lowest BCUT2D eigenvalue weighted by Gasteiger charge is -2.57. The molecule has 80 valence electrons. The normalized spacial score (nSPS) is 49.9. The lowest BCUT2D eigenvalue weighted by Crippen LogP contribution is -2.51. The standard InChI is InChI=1S/C12H22N2/c1-13-14-8-12-5-9-2-10(6-12)4-11(3-9)7-12/h9-11,13-14H,2-8H2,1H3. The monoisotopic (exact) mass is 194 g/mol. The fourth-order valence-electron chi connectivity index (χ4n) is 4.78. The Hall–Kier alpha value is -0.0800. The number of hydrogen-bond acceptors (Lipinski definition) is 2. The fourth-order valence-corrected chi connectivity index (χ4v) is 4.78. The minimum absolute atomic E-state index is 0.678. The van der Waals surface area contributed by atoms with Crippen molar-refractivity contribution in [2.75, 3.05) is 13.6 Å². The number of hydrogen-bond donors (Lipinski definition) is 2. The lowest BCUT2D eigenvalue weighted by atomic mass is 9.49. The van der Waals surface area contributed by atoms with E-state index in [1.807, 2.05) is 7.05 Å². The summed E-state index contributed by atoms with van der Waals surface area (Å²) in [5, 5.41) is 0. The van der Waals surface area contributed by atoms with Crippen molar-refractivity contribution in [1.29, 1.82) is 0 Å². The maximum Gasteiger partial charge on any atom is 0.0157 e. The molecule has 2 nitrogen and oxygen atoms in total. The smallest absolute Gasteiger partial charge is 0.0157 e. The van der Waals surface area contributed by atoms with Crippen LogP contribution in [0.2, 0.25) is 0 Å². The molecule has 0 heterocycles. The van der Waals surface area contributed by atoms with Crippen LogP contribution in [-0.2, 0) is 0 Å². The van der Waals surface area contributed by atoms with E-state index in [1.165, 1.54) is 25.8 Å². The predicted octanol–water partition coefficient (Wildman–Crippen LogP) is 1.93. The van der Waals surface area contributed by atoms with Crippen molar-refractivity contribution >= 4 is 0 Å². The molecule has 4 aliphatic carbocycles. The molecule has 0 radical (unpaired) electrons. The average molecular weight is 194 g/mol. The highest BCUT2D eigenvalue weighted by molar-refractivity contribution is 5.01. The summed E-state index contributed by atoms with van der Waals surface area (Å²) in [5.74, 6) is 3.25. The molecule has 0 aromatic rings. The minimum atomic E-state index is 0.678. The van der Waals surface area contributed by atoms with Crippen LogP contribution >= 0.6 is 0 Å². The first-order valence-electron chi connectivity index (χ1n) is 6.19. The molecule has 4 rings (SSSR count). The molecule has 2 heteroatoms. The summed E-state index contributed by atoms with van der Waals surface area (Å²) in [4.78, 5) is 0. The maximum absolute atomic E-state index is 3.36. The minimum Gasteiger partial charge on any atom is -0.261 e. The Balaban J connectivity index is 1.74. The van der Waals surface area contributed by atoms with Crippen molar-refractivity contribution in [3.05, 3.63) is 0 Å². The fraction of sp³-hybridized carbons (Fsp3) is 1.00. The van der Waals surface area contributed by atoms with Gasteiger partial charge in [-0.2, -0.15) is 0 Å². The molecule has 0 aliphatic heterocycles. The molecule has 4 saturated carbocycles. The maximum atomic E-state index is 3.36. The summed E-state index contributed by atoms with van der Waals surface area (Å²) >= 11 is 0. The van der Waals surface area contributed by atoms with Crippen LogP contribution in [0.3, 0.4) is 0 Å². The number of nitrogens with one attached hydrogen (secondary N) is 2. The van der Waals surface area contributed by atoms with E-state index in [0.29, 0.717) is 5.41 Å². The van der Waals surface area contributed by atoms with Crippen LogP contribution in [-0.4, -0.2) is 13.6 Å².